The fourth-order valence-electron chi connectivity index (χ4n) is 3.91. The Hall–Kier alpha value is -3.45. The summed E-state index contributed by atoms with van der Waals surface area (Å²) in [5.41, 5.74) is 0.782. The highest BCUT2D eigenvalue weighted by molar-refractivity contribution is 6.46. The minimum Gasteiger partial charge on any atom is -0.507 e. The summed E-state index contributed by atoms with van der Waals surface area (Å²) >= 11 is 6.29. The summed E-state index contributed by atoms with van der Waals surface area (Å²) in [6.45, 7) is 6.32. The third-order valence-corrected chi connectivity index (χ3v) is 5.86. The summed E-state index contributed by atoms with van der Waals surface area (Å²) in [4.78, 5) is 27.7. The Kier molecular flexibility index (Phi) is 8.23. The fraction of sp³-hybridized carbons (Fsp3) is 0.308. The van der Waals surface area contributed by atoms with Crippen LogP contribution in [0.5, 0.6) is 17.2 Å². The van der Waals surface area contributed by atoms with Crippen LogP contribution in [-0.4, -0.2) is 49.1 Å². The van der Waals surface area contributed by atoms with Crippen molar-refractivity contribution >= 4 is 29.1 Å². The lowest BCUT2D eigenvalue weighted by molar-refractivity contribution is -0.139. The molecule has 7 nitrogen and oxygen atoms in total. The molecule has 0 radical (unpaired) electrons. The Morgan fingerprint density at radius 3 is 2.56 bits per heavy atom. The predicted molar refractivity (Wildman–Crippen MR) is 131 cm³/mol. The van der Waals surface area contributed by atoms with Gasteiger partial charge in [0, 0.05) is 12.6 Å². The van der Waals surface area contributed by atoms with Crippen LogP contribution >= 0.6 is 11.6 Å². The van der Waals surface area contributed by atoms with Crippen molar-refractivity contribution in [2.75, 3.05) is 27.4 Å². The van der Waals surface area contributed by atoms with Gasteiger partial charge in [0.15, 0.2) is 0 Å². The number of nitrogens with zero attached hydrogens (tertiary/aromatic N) is 1. The molecule has 8 heteroatoms. The van der Waals surface area contributed by atoms with E-state index in [4.69, 9.17) is 25.8 Å². The van der Waals surface area contributed by atoms with Crippen LogP contribution in [0.2, 0.25) is 5.02 Å². The first kappa shape index (κ1) is 25.2. The van der Waals surface area contributed by atoms with Crippen LogP contribution < -0.4 is 14.2 Å². The van der Waals surface area contributed by atoms with Gasteiger partial charge in [-0.15, -0.1) is 0 Å². The monoisotopic (exact) mass is 485 g/mol. The summed E-state index contributed by atoms with van der Waals surface area (Å²) in [7, 11) is 2.89. The van der Waals surface area contributed by atoms with Crippen molar-refractivity contribution in [2.45, 2.75) is 25.8 Å². The van der Waals surface area contributed by atoms with Crippen LogP contribution in [0.4, 0.5) is 0 Å². The highest BCUT2D eigenvalue weighted by Gasteiger charge is 2.46. The maximum absolute atomic E-state index is 13.2. The van der Waals surface area contributed by atoms with Gasteiger partial charge < -0.3 is 24.2 Å². The van der Waals surface area contributed by atoms with Crippen molar-refractivity contribution in [3.05, 3.63) is 70.8 Å². The fourth-order valence-corrected chi connectivity index (χ4v) is 4.15. The van der Waals surface area contributed by atoms with Crippen LogP contribution in [0.25, 0.3) is 5.76 Å². The molecule has 34 heavy (non-hydrogen) atoms. The number of ether oxygens (including phenoxy) is 3. The minimum atomic E-state index is -0.801. The molecule has 1 aliphatic heterocycles. The number of carbonyl (C=O) groups is 2. The third kappa shape index (κ3) is 4.89. The number of rotatable bonds is 10. The van der Waals surface area contributed by atoms with Crippen molar-refractivity contribution in [2.24, 2.45) is 0 Å². The van der Waals surface area contributed by atoms with E-state index in [0.717, 1.165) is 6.42 Å². The molecule has 180 valence electrons. The van der Waals surface area contributed by atoms with Crippen molar-refractivity contribution < 1.29 is 28.9 Å². The molecule has 2 aromatic rings. The van der Waals surface area contributed by atoms with Crippen LogP contribution in [0.1, 0.15) is 36.9 Å². The SMILES string of the molecule is C=CCOc1cccc(C2/C(=C(\O)c3cc(Cl)c(OC)cc3OC)C(=O)C(=O)N2CCCC)c1. The number of aliphatic hydroxyl groups is 1. The van der Waals surface area contributed by atoms with Gasteiger partial charge in [0.05, 0.1) is 36.4 Å². The van der Waals surface area contributed by atoms with Gasteiger partial charge in [0.25, 0.3) is 11.7 Å². The van der Waals surface area contributed by atoms with Gasteiger partial charge in [0.2, 0.25) is 0 Å². The van der Waals surface area contributed by atoms with Crippen LogP contribution in [0.3, 0.4) is 0 Å². The molecule has 1 fully saturated rings. The van der Waals surface area contributed by atoms with Gasteiger partial charge >= 0.3 is 0 Å². The summed E-state index contributed by atoms with van der Waals surface area (Å²) in [6.07, 6.45) is 3.16. The molecule has 1 aliphatic rings. The number of hydrogen-bond donors (Lipinski definition) is 1. The molecule has 3 rings (SSSR count). The van der Waals surface area contributed by atoms with Crippen LogP contribution in [0, 0.1) is 0 Å². The lowest BCUT2D eigenvalue weighted by Gasteiger charge is -2.25. The highest BCUT2D eigenvalue weighted by atomic mass is 35.5. The number of unbranched alkanes of at least 4 members (excludes halogenated alkanes) is 1. The number of ketones is 1. The first-order valence-corrected chi connectivity index (χ1v) is 11.3. The Morgan fingerprint density at radius 2 is 1.91 bits per heavy atom. The molecule has 1 N–H and O–H groups in total. The van der Waals surface area contributed by atoms with E-state index in [1.165, 1.54) is 31.3 Å². The number of benzene rings is 2. The van der Waals surface area contributed by atoms with Gasteiger partial charge in [-0.05, 0) is 30.2 Å². The zero-order valence-corrected chi connectivity index (χ0v) is 20.2. The lowest BCUT2D eigenvalue weighted by atomic mass is 9.94. The van der Waals surface area contributed by atoms with Crippen molar-refractivity contribution in [1.82, 2.24) is 4.90 Å². The van der Waals surface area contributed by atoms with E-state index in [1.54, 1.807) is 30.3 Å². The second-order valence-electron chi connectivity index (χ2n) is 7.71. The molecule has 1 amide bonds. The predicted octanol–water partition coefficient (Wildman–Crippen LogP) is 5.14. The van der Waals surface area contributed by atoms with E-state index in [1.807, 2.05) is 6.92 Å². The van der Waals surface area contributed by atoms with Gasteiger partial charge in [-0.2, -0.15) is 0 Å². The normalized spacial score (nSPS) is 17.1. The molecule has 0 saturated carbocycles. The molecule has 1 heterocycles. The summed E-state index contributed by atoms with van der Waals surface area (Å²) in [5.74, 6) is -0.659. The third-order valence-electron chi connectivity index (χ3n) is 5.56. The number of likely N-dealkylation sites (tertiary alicyclic amines) is 1. The van der Waals surface area contributed by atoms with Crippen molar-refractivity contribution in [3.63, 3.8) is 0 Å². The number of aliphatic hydroxyl groups excluding tert-OH is 1. The maximum Gasteiger partial charge on any atom is 0.295 e. The van der Waals surface area contributed by atoms with Gasteiger partial charge in [0.1, 0.15) is 29.6 Å². The van der Waals surface area contributed by atoms with E-state index in [9.17, 15) is 14.7 Å². The first-order chi connectivity index (χ1) is 16.4. The number of carbonyl (C=O) groups excluding carboxylic acids is 2. The second kappa shape index (κ2) is 11.1. The number of Topliss-reactive ketones (excluding diaryl/α,β-unsaturated/α-hetero) is 1. The van der Waals surface area contributed by atoms with E-state index in [2.05, 4.69) is 6.58 Å². The Labute approximate surface area is 204 Å². The maximum atomic E-state index is 13.2. The molecule has 0 bridgehead atoms. The van der Waals surface area contributed by atoms with Crippen molar-refractivity contribution in [3.8, 4) is 17.2 Å². The summed E-state index contributed by atoms with van der Waals surface area (Å²) in [5, 5.41) is 11.6. The molecule has 0 aromatic heterocycles. The Balaban J connectivity index is 2.22. The van der Waals surface area contributed by atoms with E-state index < -0.39 is 17.7 Å². The zero-order valence-electron chi connectivity index (χ0n) is 19.5. The smallest absolute Gasteiger partial charge is 0.295 e. The molecule has 1 saturated heterocycles. The standard InChI is InChI=1S/C26H28ClNO6/c1-5-7-11-28-23(16-9-8-10-17(13-16)34-12-6-2)22(25(30)26(28)31)24(29)18-14-19(27)21(33-4)15-20(18)32-3/h6,8-10,13-15,23,29H,2,5,7,11-12H2,1,3-4H3/b24-22+. The lowest BCUT2D eigenvalue weighted by Crippen LogP contribution is -2.30. The van der Waals surface area contributed by atoms with E-state index >= 15 is 0 Å². The van der Waals surface area contributed by atoms with E-state index in [-0.39, 0.29) is 27.7 Å². The highest BCUT2D eigenvalue weighted by Crippen LogP contribution is 2.43. The van der Waals surface area contributed by atoms with Crippen molar-refractivity contribution in [1.29, 1.82) is 0 Å². The molecule has 1 unspecified atom stereocenters. The quantitative estimate of drug-likeness (QED) is 0.217. The topological polar surface area (TPSA) is 85.3 Å². The molecular formula is C26H28ClNO6. The van der Waals surface area contributed by atoms with Gasteiger partial charge in [-0.25, -0.2) is 0 Å². The average Bonchev–Trinajstić information content (AvgIpc) is 3.10. The van der Waals surface area contributed by atoms with Gasteiger partial charge in [-0.1, -0.05) is 49.7 Å². The van der Waals surface area contributed by atoms with Gasteiger partial charge in [-0.3, -0.25) is 9.59 Å². The first-order valence-electron chi connectivity index (χ1n) is 10.9. The van der Waals surface area contributed by atoms with E-state index in [0.29, 0.717) is 36.6 Å². The number of amides is 1. The molecule has 2 aromatic carbocycles. The molecule has 1 atom stereocenters. The number of halogens is 1. The second-order valence-corrected chi connectivity index (χ2v) is 8.11. The summed E-state index contributed by atoms with van der Waals surface area (Å²) in [6, 6.07) is 9.27. The number of hydrogen-bond acceptors (Lipinski definition) is 6. The number of methoxy groups -OCH3 is 2. The Morgan fingerprint density at radius 1 is 1.18 bits per heavy atom. The average molecular weight is 486 g/mol. The zero-order chi connectivity index (χ0) is 24.8. The largest absolute Gasteiger partial charge is 0.507 e. The van der Waals surface area contributed by atoms with Crippen LogP contribution in [-0.2, 0) is 9.59 Å². The summed E-state index contributed by atoms with van der Waals surface area (Å²) < 4.78 is 16.3. The molecule has 0 aliphatic carbocycles. The molecular weight excluding hydrogens is 458 g/mol. The van der Waals surface area contributed by atoms with Crippen LogP contribution in [0.15, 0.2) is 54.6 Å². The Bertz CT molecular complexity index is 1130. The minimum absolute atomic E-state index is 0.0403. The molecule has 0 spiro atoms.